The first kappa shape index (κ1) is 14.6. The molecule has 0 amide bonds. The topological polar surface area (TPSA) is 40.5 Å². The number of halogens is 1. The number of aliphatic carboxylic acids is 1. The van der Waals surface area contributed by atoms with Gasteiger partial charge in [-0.25, -0.2) is 0 Å². The minimum atomic E-state index is -0.804. The number of carboxylic acid groups (broad SMARTS) is 1. The van der Waals surface area contributed by atoms with E-state index >= 15 is 0 Å². The standard InChI is InChI=1S/C14H18ClNO2/c1-10(2)9-16(7-6-14(17)18)13-8-12(15)5-4-11(13)3/h4-5,8H,1,6-7,9H2,2-3H3,(H,17,18). The predicted octanol–water partition coefficient (Wildman–Crippen LogP) is 3.51. The number of aryl methyl sites for hydroxylation is 1. The van der Waals surface area contributed by atoms with E-state index in [0.717, 1.165) is 16.8 Å². The zero-order chi connectivity index (χ0) is 13.7. The molecule has 0 unspecified atom stereocenters. The van der Waals surface area contributed by atoms with Gasteiger partial charge in [0.05, 0.1) is 6.42 Å². The molecule has 98 valence electrons. The minimum absolute atomic E-state index is 0.0965. The lowest BCUT2D eigenvalue weighted by Gasteiger charge is -2.26. The molecule has 0 heterocycles. The molecular formula is C14H18ClNO2. The lowest BCUT2D eigenvalue weighted by Crippen LogP contribution is -2.28. The quantitative estimate of drug-likeness (QED) is 0.802. The largest absolute Gasteiger partial charge is 0.481 e. The van der Waals surface area contributed by atoms with Crippen LogP contribution in [0.25, 0.3) is 0 Å². The van der Waals surface area contributed by atoms with Crippen LogP contribution < -0.4 is 4.90 Å². The molecule has 0 atom stereocenters. The van der Waals surface area contributed by atoms with Gasteiger partial charge in [-0.2, -0.15) is 0 Å². The van der Waals surface area contributed by atoms with Gasteiger partial charge in [0.2, 0.25) is 0 Å². The Kier molecular flexibility index (Phi) is 5.23. The Bertz CT molecular complexity index is 457. The lowest BCUT2D eigenvalue weighted by atomic mass is 10.1. The summed E-state index contributed by atoms with van der Waals surface area (Å²) < 4.78 is 0. The van der Waals surface area contributed by atoms with Crippen molar-refractivity contribution in [1.29, 1.82) is 0 Å². The van der Waals surface area contributed by atoms with Crippen molar-refractivity contribution in [2.45, 2.75) is 20.3 Å². The Morgan fingerprint density at radius 3 is 2.72 bits per heavy atom. The van der Waals surface area contributed by atoms with E-state index in [1.54, 1.807) is 0 Å². The van der Waals surface area contributed by atoms with Gasteiger partial charge < -0.3 is 10.0 Å². The summed E-state index contributed by atoms with van der Waals surface area (Å²) in [5, 5.41) is 9.44. The van der Waals surface area contributed by atoms with Gasteiger partial charge in [-0.15, -0.1) is 0 Å². The second kappa shape index (κ2) is 6.45. The molecule has 0 saturated carbocycles. The van der Waals surface area contributed by atoms with Gasteiger partial charge in [-0.3, -0.25) is 4.79 Å². The summed E-state index contributed by atoms with van der Waals surface area (Å²) >= 11 is 5.99. The maximum atomic E-state index is 10.7. The van der Waals surface area contributed by atoms with Crippen molar-refractivity contribution in [3.05, 3.63) is 40.9 Å². The predicted molar refractivity (Wildman–Crippen MR) is 75.5 cm³/mol. The van der Waals surface area contributed by atoms with Crippen molar-refractivity contribution in [3.8, 4) is 0 Å². The van der Waals surface area contributed by atoms with Crippen LogP contribution in [0.4, 0.5) is 5.69 Å². The highest BCUT2D eigenvalue weighted by Gasteiger charge is 2.11. The molecule has 0 radical (unpaired) electrons. The van der Waals surface area contributed by atoms with Crippen LogP contribution in [0.1, 0.15) is 18.9 Å². The average molecular weight is 268 g/mol. The van der Waals surface area contributed by atoms with Crippen molar-refractivity contribution in [3.63, 3.8) is 0 Å². The van der Waals surface area contributed by atoms with E-state index < -0.39 is 5.97 Å². The molecule has 0 aliphatic heterocycles. The van der Waals surface area contributed by atoms with Gasteiger partial charge in [-0.05, 0) is 31.5 Å². The van der Waals surface area contributed by atoms with Crippen molar-refractivity contribution in [2.24, 2.45) is 0 Å². The van der Waals surface area contributed by atoms with Crippen LogP contribution in [-0.2, 0) is 4.79 Å². The minimum Gasteiger partial charge on any atom is -0.481 e. The van der Waals surface area contributed by atoms with Crippen LogP contribution in [0.5, 0.6) is 0 Å². The summed E-state index contributed by atoms with van der Waals surface area (Å²) in [4.78, 5) is 12.7. The first-order chi connectivity index (χ1) is 8.40. The number of rotatable bonds is 6. The fourth-order valence-electron chi connectivity index (χ4n) is 1.76. The molecule has 18 heavy (non-hydrogen) atoms. The Morgan fingerprint density at radius 2 is 2.17 bits per heavy atom. The maximum Gasteiger partial charge on any atom is 0.305 e. The van der Waals surface area contributed by atoms with Gasteiger partial charge >= 0.3 is 5.97 Å². The number of nitrogens with zero attached hydrogens (tertiary/aromatic N) is 1. The molecule has 4 heteroatoms. The number of hydrogen-bond acceptors (Lipinski definition) is 2. The van der Waals surface area contributed by atoms with Crippen LogP contribution in [0.2, 0.25) is 5.02 Å². The summed E-state index contributed by atoms with van der Waals surface area (Å²) in [5.41, 5.74) is 3.03. The molecule has 0 aliphatic carbocycles. The molecule has 1 aromatic rings. The number of carboxylic acids is 1. The molecule has 1 aromatic carbocycles. The molecule has 0 bridgehead atoms. The number of anilines is 1. The van der Waals surface area contributed by atoms with E-state index in [9.17, 15) is 4.79 Å². The van der Waals surface area contributed by atoms with Gasteiger partial charge in [0.1, 0.15) is 0 Å². The Morgan fingerprint density at radius 1 is 1.50 bits per heavy atom. The second-order valence-corrected chi connectivity index (χ2v) is 4.89. The Labute approximate surface area is 113 Å². The van der Waals surface area contributed by atoms with Crippen molar-refractivity contribution in [1.82, 2.24) is 0 Å². The molecular weight excluding hydrogens is 250 g/mol. The van der Waals surface area contributed by atoms with E-state index in [2.05, 4.69) is 6.58 Å². The Balaban J connectivity index is 2.96. The normalized spacial score (nSPS) is 10.2. The molecule has 0 aliphatic rings. The van der Waals surface area contributed by atoms with Crippen molar-refractivity contribution in [2.75, 3.05) is 18.0 Å². The van der Waals surface area contributed by atoms with Crippen LogP contribution in [0.3, 0.4) is 0 Å². The summed E-state index contributed by atoms with van der Waals surface area (Å²) in [5.74, 6) is -0.804. The van der Waals surface area contributed by atoms with Gasteiger partial charge in [0.15, 0.2) is 0 Å². The highest BCUT2D eigenvalue weighted by molar-refractivity contribution is 6.30. The monoisotopic (exact) mass is 267 g/mol. The van der Waals surface area contributed by atoms with Gasteiger partial charge in [0, 0.05) is 23.8 Å². The zero-order valence-electron chi connectivity index (χ0n) is 10.7. The van der Waals surface area contributed by atoms with Crippen molar-refractivity contribution >= 4 is 23.3 Å². The van der Waals surface area contributed by atoms with Crippen LogP contribution in [0.15, 0.2) is 30.4 Å². The molecule has 0 fully saturated rings. The first-order valence-corrected chi connectivity index (χ1v) is 6.15. The fraction of sp³-hybridized carbons (Fsp3) is 0.357. The first-order valence-electron chi connectivity index (χ1n) is 5.77. The molecule has 0 spiro atoms. The molecule has 1 N–H and O–H groups in total. The summed E-state index contributed by atoms with van der Waals surface area (Å²) in [6, 6.07) is 5.63. The van der Waals surface area contributed by atoms with Gasteiger partial charge in [0.25, 0.3) is 0 Å². The number of carbonyl (C=O) groups is 1. The Hall–Kier alpha value is -1.48. The van der Waals surface area contributed by atoms with Crippen molar-refractivity contribution < 1.29 is 9.90 Å². The van der Waals surface area contributed by atoms with Crippen LogP contribution >= 0.6 is 11.6 Å². The molecule has 0 aromatic heterocycles. The highest BCUT2D eigenvalue weighted by atomic mass is 35.5. The second-order valence-electron chi connectivity index (χ2n) is 4.45. The third kappa shape index (κ3) is 4.41. The number of hydrogen-bond donors (Lipinski definition) is 1. The molecule has 1 rings (SSSR count). The van der Waals surface area contributed by atoms with E-state index in [1.807, 2.05) is 36.9 Å². The fourth-order valence-corrected chi connectivity index (χ4v) is 1.93. The van der Waals surface area contributed by atoms with E-state index in [4.69, 9.17) is 16.7 Å². The van der Waals surface area contributed by atoms with Gasteiger partial charge in [-0.1, -0.05) is 29.8 Å². The maximum absolute atomic E-state index is 10.7. The summed E-state index contributed by atoms with van der Waals surface area (Å²) in [7, 11) is 0. The highest BCUT2D eigenvalue weighted by Crippen LogP contribution is 2.25. The SMILES string of the molecule is C=C(C)CN(CCC(=O)O)c1cc(Cl)ccc1C. The van der Waals surface area contributed by atoms with E-state index in [0.29, 0.717) is 18.1 Å². The van der Waals surface area contributed by atoms with Crippen LogP contribution in [-0.4, -0.2) is 24.2 Å². The molecule has 0 saturated heterocycles. The van der Waals surface area contributed by atoms with E-state index in [-0.39, 0.29) is 6.42 Å². The van der Waals surface area contributed by atoms with Crippen LogP contribution in [0, 0.1) is 6.92 Å². The number of benzene rings is 1. The third-order valence-corrected chi connectivity index (χ3v) is 2.80. The van der Waals surface area contributed by atoms with E-state index in [1.165, 1.54) is 0 Å². The summed E-state index contributed by atoms with van der Waals surface area (Å²) in [6.07, 6.45) is 0.0965. The third-order valence-electron chi connectivity index (χ3n) is 2.57. The summed E-state index contributed by atoms with van der Waals surface area (Å²) in [6.45, 7) is 8.87. The zero-order valence-corrected chi connectivity index (χ0v) is 11.5. The lowest BCUT2D eigenvalue weighted by molar-refractivity contribution is -0.136. The average Bonchev–Trinajstić information content (AvgIpc) is 2.27. The molecule has 3 nitrogen and oxygen atoms in total. The smallest absolute Gasteiger partial charge is 0.305 e.